The summed E-state index contributed by atoms with van der Waals surface area (Å²) in [4.78, 5) is 0. The molecule has 0 fully saturated rings. The number of benzene rings is 1. The highest BCUT2D eigenvalue weighted by atomic mass is 32.2. The molecule has 96 valence electrons. The lowest BCUT2D eigenvalue weighted by molar-refractivity contribution is 0.596. The highest BCUT2D eigenvalue weighted by Crippen LogP contribution is 2.19. The molecular weight excluding hydrogens is 259 g/mol. The molecule has 18 heavy (non-hydrogen) atoms. The van der Waals surface area contributed by atoms with Crippen LogP contribution in [0.15, 0.2) is 35.5 Å². The van der Waals surface area contributed by atoms with Crippen molar-refractivity contribution in [2.45, 2.75) is 11.6 Å². The molecule has 8 heteroatoms. The summed E-state index contributed by atoms with van der Waals surface area (Å²) < 4.78 is 39.1. The van der Waals surface area contributed by atoms with Gasteiger partial charge in [0.2, 0.25) is 0 Å². The molecule has 2 rings (SSSR count). The SMILES string of the molecule is NCc1cc(F)ccc1NS(=O)(=O)c1ccn[nH]1. The second-order valence-corrected chi connectivity index (χ2v) is 5.18. The van der Waals surface area contributed by atoms with E-state index < -0.39 is 15.8 Å². The Morgan fingerprint density at radius 3 is 2.78 bits per heavy atom. The summed E-state index contributed by atoms with van der Waals surface area (Å²) in [6.45, 7) is 0.0264. The third kappa shape index (κ3) is 2.49. The van der Waals surface area contributed by atoms with Crippen LogP contribution >= 0.6 is 0 Å². The molecule has 0 aliphatic rings. The Kier molecular flexibility index (Phi) is 3.30. The van der Waals surface area contributed by atoms with Crippen molar-refractivity contribution in [1.29, 1.82) is 0 Å². The van der Waals surface area contributed by atoms with E-state index in [0.29, 0.717) is 5.56 Å². The maximum atomic E-state index is 13.0. The first kappa shape index (κ1) is 12.5. The molecule has 1 heterocycles. The van der Waals surface area contributed by atoms with Crippen molar-refractivity contribution in [3.05, 3.63) is 41.8 Å². The van der Waals surface area contributed by atoms with Crippen molar-refractivity contribution in [3.63, 3.8) is 0 Å². The zero-order chi connectivity index (χ0) is 13.2. The van der Waals surface area contributed by atoms with Crippen molar-refractivity contribution in [2.24, 2.45) is 5.73 Å². The van der Waals surface area contributed by atoms with Crippen LogP contribution in [0.1, 0.15) is 5.56 Å². The summed E-state index contributed by atoms with van der Waals surface area (Å²) in [6.07, 6.45) is 1.32. The van der Waals surface area contributed by atoms with Gasteiger partial charge >= 0.3 is 0 Å². The largest absolute Gasteiger partial charge is 0.326 e. The average Bonchev–Trinajstić information content (AvgIpc) is 2.85. The second kappa shape index (κ2) is 4.75. The van der Waals surface area contributed by atoms with Crippen LogP contribution in [0.5, 0.6) is 0 Å². The second-order valence-electron chi connectivity index (χ2n) is 3.53. The maximum absolute atomic E-state index is 13.0. The van der Waals surface area contributed by atoms with Crippen molar-refractivity contribution in [2.75, 3.05) is 4.72 Å². The molecule has 0 unspecified atom stereocenters. The quantitative estimate of drug-likeness (QED) is 0.765. The van der Waals surface area contributed by atoms with Gasteiger partial charge in [-0.15, -0.1) is 0 Å². The predicted octanol–water partition coefficient (Wildman–Crippen LogP) is 0.808. The topological polar surface area (TPSA) is 101 Å². The van der Waals surface area contributed by atoms with E-state index >= 15 is 0 Å². The number of aromatic amines is 1. The molecule has 0 aliphatic carbocycles. The molecule has 0 aliphatic heterocycles. The van der Waals surface area contributed by atoms with E-state index in [0.717, 1.165) is 6.07 Å². The minimum atomic E-state index is -3.76. The number of sulfonamides is 1. The Bertz CT molecular complexity index is 640. The number of nitrogens with two attached hydrogens (primary N) is 1. The Morgan fingerprint density at radius 2 is 2.17 bits per heavy atom. The van der Waals surface area contributed by atoms with E-state index in [1.807, 2.05) is 0 Å². The van der Waals surface area contributed by atoms with E-state index in [9.17, 15) is 12.8 Å². The van der Waals surface area contributed by atoms with Gasteiger partial charge in [-0.2, -0.15) is 13.5 Å². The number of hydrogen-bond acceptors (Lipinski definition) is 4. The van der Waals surface area contributed by atoms with E-state index in [4.69, 9.17) is 5.73 Å². The lowest BCUT2D eigenvalue weighted by atomic mass is 10.2. The van der Waals surface area contributed by atoms with Gasteiger partial charge in [0.15, 0.2) is 5.03 Å². The van der Waals surface area contributed by atoms with Crippen molar-refractivity contribution in [1.82, 2.24) is 10.2 Å². The fraction of sp³-hybridized carbons (Fsp3) is 0.100. The maximum Gasteiger partial charge on any atom is 0.278 e. The third-order valence-corrected chi connectivity index (χ3v) is 3.59. The predicted molar refractivity (Wildman–Crippen MR) is 63.7 cm³/mol. The minimum absolute atomic E-state index is 0.0264. The molecule has 1 aromatic carbocycles. The van der Waals surface area contributed by atoms with Gasteiger partial charge in [-0.05, 0) is 29.8 Å². The molecule has 0 amide bonds. The van der Waals surface area contributed by atoms with Crippen LogP contribution in [0.25, 0.3) is 0 Å². The molecule has 1 aromatic heterocycles. The number of H-pyrrole nitrogens is 1. The van der Waals surface area contributed by atoms with Crippen LogP contribution < -0.4 is 10.5 Å². The van der Waals surface area contributed by atoms with Gasteiger partial charge in [-0.3, -0.25) is 9.82 Å². The molecule has 0 saturated carbocycles. The van der Waals surface area contributed by atoms with E-state index in [2.05, 4.69) is 14.9 Å². The zero-order valence-corrected chi connectivity index (χ0v) is 10.0. The first-order valence-corrected chi connectivity index (χ1v) is 6.52. The smallest absolute Gasteiger partial charge is 0.278 e. The Hall–Kier alpha value is -1.93. The number of hydrogen-bond donors (Lipinski definition) is 3. The van der Waals surface area contributed by atoms with Crippen LogP contribution in [0.3, 0.4) is 0 Å². The van der Waals surface area contributed by atoms with Gasteiger partial charge in [0.05, 0.1) is 11.9 Å². The average molecular weight is 270 g/mol. The molecule has 4 N–H and O–H groups in total. The minimum Gasteiger partial charge on any atom is -0.326 e. The van der Waals surface area contributed by atoms with E-state index in [-0.39, 0.29) is 17.3 Å². The lowest BCUT2D eigenvalue weighted by Gasteiger charge is -2.10. The first-order valence-electron chi connectivity index (χ1n) is 5.03. The summed E-state index contributed by atoms with van der Waals surface area (Å²) in [5, 5.41) is 5.82. The van der Waals surface area contributed by atoms with Gasteiger partial charge in [-0.25, -0.2) is 4.39 Å². The number of nitrogens with zero attached hydrogens (tertiary/aromatic N) is 1. The van der Waals surface area contributed by atoms with Gasteiger partial charge in [0.1, 0.15) is 5.82 Å². The standard InChI is InChI=1S/C10H11FN4O2S/c11-8-1-2-9(7(5-8)6-12)15-18(16,17)10-3-4-13-14-10/h1-5,15H,6,12H2,(H,13,14). The number of rotatable bonds is 4. The normalized spacial score (nSPS) is 11.4. The van der Waals surface area contributed by atoms with Crippen molar-refractivity contribution in [3.8, 4) is 0 Å². The number of aromatic nitrogens is 2. The molecule has 0 saturated heterocycles. The van der Waals surface area contributed by atoms with Crippen LogP contribution in [-0.4, -0.2) is 18.6 Å². The molecule has 0 spiro atoms. The van der Waals surface area contributed by atoms with Gasteiger partial charge in [0, 0.05) is 6.54 Å². The van der Waals surface area contributed by atoms with Gasteiger partial charge in [0.25, 0.3) is 10.0 Å². The molecule has 0 atom stereocenters. The molecule has 6 nitrogen and oxygen atoms in total. The van der Waals surface area contributed by atoms with Crippen LogP contribution in [-0.2, 0) is 16.6 Å². The number of halogens is 1. The van der Waals surface area contributed by atoms with Gasteiger partial charge < -0.3 is 5.73 Å². The summed E-state index contributed by atoms with van der Waals surface area (Å²) in [6, 6.07) is 4.98. The molecular formula is C10H11FN4O2S. The summed E-state index contributed by atoms with van der Waals surface area (Å²) in [5.74, 6) is -0.472. The van der Waals surface area contributed by atoms with Gasteiger partial charge in [-0.1, -0.05) is 0 Å². The summed E-state index contributed by atoms with van der Waals surface area (Å²) in [7, 11) is -3.76. The number of nitrogens with one attached hydrogen (secondary N) is 2. The fourth-order valence-electron chi connectivity index (χ4n) is 1.42. The monoisotopic (exact) mass is 270 g/mol. The third-order valence-electron chi connectivity index (χ3n) is 2.30. The fourth-order valence-corrected chi connectivity index (χ4v) is 2.43. The Morgan fingerprint density at radius 1 is 1.39 bits per heavy atom. The highest BCUT2D eigenvalue weighted by molar-refractivity contribution is 7.92. The van der Waals surface area contributed by atoms with E-state index in [1.54, 1.807) is 0 Å². The van der Waals surface area contributed by atoms with Crippen LogP contribution in [0.4, 0.5) is 10.1 Å². The number of anilines is 1. The van der Waals surface area contributed by atoms with Crippen molar-refractivity contribution < 1.29 is 12.8 Å². The lowest BCUT2D eigenvalue weighted by Crippen LogP contribution is -2.15. The Labute approximate surface area is 103 Å². The van der Waals surface area contributed by atoms with Crippen molar-refractivity contribution >= 4 is 15.7 Å². The molecule has 2 aromatic rings. The zero-order valence-electron chi connectivity index (χ0n) is 9.22. The van der Waals surface area contributed by atoms with Crippen LogP contribution in [0.2, 0.25) is 0 Å². The Balaban J connectivity index is 2.35. The summed E-state index contributed by atoms with van der Waals surface area (Å²) >= 11 is 0. The molecule has 0 radical (unpaired) electrons. The summed E-state index contributed by atoms with van der Waals surface area (Å²) in [5.41, 5.74) is 6.05. The van der Waals surface area contributed by atoms with E-state index in [1.165, 1.54) is 24.4 Å². The highest BCUT2D eigenvalue weighted by Gasteiger charge is 2.17. The first-order chi connectivity index (χ1) is 8.53. The molecule has 0 bridgehead atoms. The van der Waals surface area contributed by atoms with Crippen LogP contribution in [0, 0.1) is 5.82 Å².